The van der Waals surface area contributed by atoms with Crippen LogP contribution in [0.2, 0.25) is 0 Å². The standard InChI is InChI=1S/C12H14O2S/c13-12(14)7-9-2-1-3-10(6-9)11-4-5-15-8-11/h1-3,6,11H,4-5,7-8H2,(H,13,14). The first kappa shape index (κ1) is 10.6. The van der Waals surface area contributed by atoms with E-state index in [1.165, 1.54) is 23.5 Å². The zero-order valence-corrected chi connectivity index (χ0v) is 9.30. The SMILES string of the molecule is O=C(O)Cc1cccc(C2CCSC2)c1. The number of hydrogen-bond donors (Lipinski definition) is 1. The van der Waals surface area contributed by atoms with Crippen molar-refractivity contribution >= 4 is 17.7 Å². The van der Waals surface area contributed by atoms with Gasteiger partial charge in [0, 0.05) is 5.75 Å². The molecule has 1 atom stereocenters. The van der Waals surface area contributed by atoms with Crippen LogP contribution in [0, 0.1) is 0 Å². The normalized spacial score (nSPS) is 20.4. The second-order valence-corrected chi connectivity index (χ2v) is 5.03. The number of thioether (sulfide) groups is 1. The molecule has 0 spiro atoms. The van der Waals surface area contributed by atoms with Crippen LogP contribution >= 0.6 is 11.8 Å². The highest BCUT2D eigenvalue weighted by Crippen LogP contribution is 2.32. The summed E-state index contributed by atoms with van der Waals surface area (Å²) in [5.74, 6) is 2.28. The van der Waals surface area contributed by atoms with Crippen molar-refractivity contribution in [2.45, 2.75) is 18.8 Å². The molecule has 15 heavy (non-hydrogen) atoms. The third-order valence-corrected chi connectivity index (χ3v) is 3.87. The smallest absolute Gasteiger partial charge is 0.307 e. The van der Waals surface area contributed by atoms with E-state index in [2.05, 4.69) is 6.07 Å². The summed E-state index contributed by atoms with van der Waals surface area (Å²) in [6, 6.07) is 8.02. The van der Waals surface area contributed by atoms with Crippen LogP contribution < -0.4 is 0 Å². The minimum Gasteiger partial charge on any atom is -0.481 e. The van der Waals surface area contributed by atoms with E-state index in [4.69, 9.17) is 5.11 Å². The molecule has 1 fully saturated rings. The van der Waals surface area contributed by atoms with Gasteiger partial charge in [0.15, 0.2) is 0 Å². The molecule has 1 aliphatic rings. The maximum atomic E-state index is 10.6. The van der Waals surface area contributed by atoms with Gasteiger partial charge in [0.05, 0.1) is 6.42 Å². The second-order valence-electron chi connectivity index (χ2n) is 3.88. The molecule has 3 heteroatoms. The Bertz CT molecular complexity index is 356. The molecule has 1 N–H and O–H groups in total. The van der Waals surface area contributed by atoms with Gasteiger partial charge in [0.2, 0.25) is 0 Å². The molecule has 0 radical (unpaired) electrons. The summed E-state index contributed by atoms with van der Waals surface area (Å²) < 4.78 is 0. The highest BCUT2D eigenvalue weighted by Gasteiger charge is 2.17. The first-order chi connectivity index (χ1) is 7.25. The Morgan fingerprint density at radius 2 is 2.40 bits per heavy atom. The minimum absolute atomic E-state index is 0.133. The first-order valence-electron chi connectivity index (χ1n) is 5.14. The third kappa shape index (κ3) is 2.75. The number of carboxylic acid groups (broad SMARTS) is 1. The Kier molecular flexibility index (Phi) is 3.31. The molecule has 1 aliphatic heterocycles. The van der Waals surface area contributed by atoms with Crippen molar-refractivity contribution in [3.8, 4) is 0 Å². The number of hydrogen-bond acceptors (Lipinski definition) is 2. The van der Waals surface area contributed by atoms with Crippen LogP contribution in [0.4, 0.5) is 0 Å². The molecule has 2 rings (SSSR count). The average Bonchev–Trinajstić information content (AvgIpc) is 2.69. The number of benzene rings is 1. The molecule has 1 aromatic rings. The van der Waals surface area contributed by atoms with Crippen molar-refractivity contribution < 1.29 is 9.90 Å². The van der Waals surface area contributed by atoms with Gasteiger partial charge in [-0.15, -0.1) is 0 Å². The highest BCUT2D eigenvalue weighted by atomic mass is 32.2. The van der Waals surface area contributed by atoms with E-state index < -0.39 is 5.97 Å². The van der Waals surface area contributed by atoms with Gasteiger partial charge in [-0.1, -0.05) is 24.3 Å². The van der Waals surface area contributed by atoms with E-state index in [9.17, 15) is 4.79 Å². The Hall–Kier alpha value is -0.960. The maximum absolute atomic E-state index is 10.6. The summed E-state index contributed by atoms with van der Waals surface area (Å²) in [6.45, 7) is 0. The van der Waals surface area contributed by atoms with Crippen LogP contribution in [0.15, 0.2) is 24.3 Å². The zero-order valence-electron chi connectivity index (χ0n) is 8.48. The van der Waals surface area contributed by atoms with Crippen molar-refractivity contribution in [2.75, 3.05) is 11.5 Å². The van der Waals surface area contributed by atoms with E-state index >= 15 is 0 Å². The Balaban J connectivity index is 2.14. The van der Waals surface area contributed by atoms with Crippen LogP contribution in [0.25, 0.3) is 0 Å². The Morgan fingerprint density at radius 1 is 1.53 bits per heavy atom. The van der Waals surface area contributed by atoms with E-state index in [1.807, 2.05) is 30.0 Å². The molecule has 80 valence electrons. The number of carboxylic acids is 1. The summed E-state index contributed by atoms with van der Waals surface area (Å²) >= 11 is 1.98. The topological polar surface area (TPSA) is 37.3 Å². The van der Waals surface area contributed by atoms with Crippen molar-refractivity contribution in [1.29, 1.82) is 0 Å². The molecule has 1 heterocycles. The van der Waals surface area contributed by atoms with Gasteiger partial charge in [-0.2, -0.15) is 11.8 Å². The number of carbonyl (C=O) groups is 1. The van der Waals surface area contributed by atoms with E-state index in [0.717, 1.165) is 5.56 Å². The fourth-order valence-electron chi connectivity index (χ4n) is 1.93. The van der Waals surface area contributed by atoms with Crippen molar-refractivity contribution in [2.24, 2.45) is 0 Å². The predicted molar refractivity (Wildman–Crippen MR) is 62.5 cm³/mol. The molecule has 0 aliphatic carbocycles. The predicted octanol–water partition coefficient (Wildman–Crippen LogP) is 2.53. The average molecular weight is 222 g/mol. The summed E-state index contributed by atoms with van der Waals surface area (Å²) in [7, 11) is 0. The molecule has 1 aromatic carbocycles. The summed E-state index contributed by atoms with van der Waals surface area (Å²) in [5.41, 5.74) is 2.22. The van der Waals surface area contributed by atoms with Gasteiger partial charge < -0.3 is 5.11 Å². The molecular weight excluding hydrogens is 208 g/mol. The summed E-state index contributed by atoms with van der Waals surface area (Å²) in [5, 5.41) is 8.72. The molecule has 2 nitrogen and oxygen atoms in total. The number of aliphatic carboxylic acids is 1. The second kappa shape index (κ2) is 4.71. The lowest BCUT2D eigenvalue weighted by atomic mass is 9.96. The van der Waals surface area contributed by atoms with Crippen LogP contribution in [-0.2, 0) is 11.2 Å². The van der Waals surface area contributed by atoms with E-state index in [1.54, 1.807) is 0 Å². The molecule has 0 bridgehead atoms. The van der Waals surface area contributed by atoms with Crippen LogP contribution in [0.3, 0.4) is 0 Å². The van der Waals surface area contributed by atoms with Crippen molar-refractivity contribution in [3.63, 3.8) is 0 Å². The van der Waals surface area contributed by atoms with Crippen LogP contribution in [0.1, 0.15) is 23.5 Å². The Labute approximate surface area is 93.7 Å². The summed E-state index contributed by atoms with van der Waals surface area (Å²) in [4.78, 5) is 10.6. The van der Waals surface area contributed by atoms with E-state index in [0.29, 0.717) is 5.92 Å². The molecule has 1 unspecified atom stereocenters. The van der Waals surface area contributed by atoms with Gasteiger partial charge in [-0.3, -0.25) is 4.79 Å². The Morgan fingerprint density at radius 3 is 3.07 bits per heavy atom. The zero-order chi connectivity index (χ0) is 10.7. The fourth-order valence-corrected chi connectivity index (χ4v) is 3.19. The van der Waals surface area contributed by atoms with Gasteiger partial charge in [0.25, 0.3) is 0 Å². The largest absolute Gasteiger partial charge is 0.481 e. The van der Waals surface area contributed by atoms with Gasteiger partial charge in [0.1, 0.15) is 0 Å². The lowest BCUT2D eigenvalue weighted by Crippen LogP contribution is -2.02. The molecule has 1 saturated heterocycles. The molecule has 0 amide bonds. The fraction of sp³-hybridized carbons (Fsp3) is 0.417. The van der Waals surface area contributed by atoms with Gasteiger partial charge >= 0.3 is 5.97 Å². The van der Waals surface area contributed by atoms with Crippen LogP contribution in [-0.4, -0.2) is 22.6 Å². The van der Waals surface area contributed by atoms with E-state index in [-0.39, 0.29) is 6.42 Å². The molecular formula is C12H14O2S. The monoisotopic (exact) mass is 222 g/mol. The summed E-state index contributed by atoms with van der Waals surface area (Å²) in [6.07, 6.45) is 1.36. The van der Waals surface area contributed by atoms with Crippen molar-refractivity contribution in [3.05, 3.63) is 35.4 Å². The van der Waals surface area contributed by atoms with Gasteiger partial charge in [-0.25, -0.2) is 0 Å². The number of rotatable bonds is 3. The highest BCUT2D eigenvalue weighted by molar-refractivity contribution is 7.99. The molecule has 0 aromatic heterocycles. The van der Waals surface area contributed by atoms with Crippen molar-refractivity contribution in [1.82, 2.24) is 0 Å². The minimum atomic E-state index is -0.757. The maximum Gasteiger partial charge on any atom is 0.307 e. The quantitative estimate of drug-likeness (QED) is 0.854. The van der Waals surface area contributed by atoms with Gasteiger partial charge in [-0.05, 0) is 29.2 Å². The lowest BCUT2D eigenvalue weighted by Gasteiger charge is -2.09. The molecule has 0 saturated carbocycles. The van der Waals surface area contributed by atoms with Crippen LogP contribution in [0.5, 0.6) is 0 Å². The lowest BCUT2D eigenvalue weighted by molar-refractivity contribution is -0.136. The first-order valence-corrected chi connectivity index (χ1v) is 6.29. The third-order valence-electron chi connectivity index (χ3n) is 2.71.